The van der Waals surface area contributed by atoms with Crippen molar-refractivity contribution in [2.24, 2.45) is 0 Å². The van der Waals surface area contributed by atoms with Gasteiger partial charge in [0.15, 0.2) is 0 Å². The molecule has 0 radical (unpaired) electrons. The van der Waals surface area contributed by atoms with E-state index < -0.39 is 5.97 Å². The van der Waals surface area contributed by atoms with Gasteiger partial charge in [-0.25, -0.2) is 4.79 Å². The summed E-state index contributed by atoms with van der Waals surface area (Å²) in [5, 5.41) is 0.463. The molecule has 0 amide bonds. The molecule has 0 unspecified atom stereocenters. The van der Waals surface area contributed by atoms with Crippen molar-refractivity contribution in [3.63, 3.8) is 0 Å². The van der Waals surface area contributed by atoms with Gasteiger partial charge in [-0.1, -0.05) is 27.5 Å². The minimum absolute atomic E-state index is 0.323. The molecule has 2 rings (SSSR count). The van der Waals surface area contributed by atoms with Crippen LogP contribution >= 0.6 is 27.5 Å². The number of nitrogens with two attached hydrogens (primary N) is 1. The summed E-state index contributed by atoms with van der Waals surface area (Å²) >= 11 is 9.38. The van der Waals surface area contributed by atoms with E-state index in [-0.39, 0.29) is 0 Å². The number of hydrogen-bond acceptors (Lipinski definition) is 4. The van der Waals surface area contributed by atoms with E-state index in [4.69, 9.17) is 22.1 Å². The van der Waals surface area contributed by atoms with Crippen LogP contribution in [0.15, 0.2) is 40.9 Å². The average molecular weight is 357 g/mol. The SMILES string of the molecule is COC(=O)c1ccc(Oc2cc(Br)ccc2Cl)c(N)c1. The number of ether oxygens (including phenoxy) is 2. The Balaban J connectivity index is 2.30. The van der Waals surface area contributed by atoms with Crippen molar-refractivity contribution in [3.05, 3.63) is 51.5 Å². The van der Waals surface area contributed by atoms with E-state index in [1.54, 1.807) is 30.3 Å². The number of benzene rings is 2. The zero-order valence-electron chi connectivity index (χ0n) is 10.5. The van der Waals surface area contributed by atoms with Crippen molar-refractivity contribution in [1.29, 1.82) is 0 Å². The minimum Gasteiger partial charge on any atom is -0.465 e. The molecule has 2 aromatic carbocycles. The summed E-state index contributed by atoms with van der Waals surface area (Å²) in [6, 6.07) is 9.91. The van der Waals surface area contributed by atoms with E-state index in [1.807, 2.05) is 0 Å². The van der Waals surface area contributed by atoms with E-state index in [9.17, 15) is 4.79 Å². The maximum Gasteiger partial charge on any atom is 0.337 e. The predicted molar refractivity (Wildman–Crippen MR) is 81.4 cm³/mol. The molecule has 104 valence electrons. The lowest BCUT2D eigenvalue weighted by atomic mass is 10.2. The number of methoxy groups -OCH3 is 1. The normalized spacial score (nSPS) is 10.2. The third kappa shape index (κ3) is 3.23. The fourth-order valence-electron chi connectivity index (χ4n) is 1.56. The van der Waals surface area contributed by atoms with Crippen LogP contribution in [-0.2, 0) is 4.74 Å². The lowest BCUT2D eigenvalue weighted by Gasteiger charge is -2.11. The lowest BCUT2D eigenvalue weighted by molar-refractivity contribution is 0.0601. The molecule has 20 heavy (non-hydrogen) atoms. The van der Waals surface area contributed by atoms with Gasteiger partial charge in [0.25, 0.3) is 0 Å². The number of anilines is 1. The second kappa shape index (κ2) is 6.15. The Morgan fingerprint density at radius 1 is 1.20 bits per heavy atom. The summed E-state index contributed by atoms with van der Waals surface area (Å²) in [6.45, 7) is 0. The van der Waals surface area contributed by atoms with Gasteiger partial charge in [0.05, 0.1) is 23.4 Å². The number of hydrogen-bond donors (Lipinski definition) is 1. The van der Waals surface area contributed by atoms with Crippen molar-refractivity contribution in [2.75, 3.05) is 12.8 Å². The van der Waals surface area contributed by atoms with Crippen LogP contribution in [0.25, 0.3) is 0 Å². The molecule has 4 nitrogen and oxygen atoms in total. The van der Waals surface area contributed by atoms with Gasteiger partial charge in [0, 0.05) is 4.47 Å². The van der Waals surface area contributed by atoms with Crippen molar-refractivity contribution in [2.45, 2.75) is 0 Å². The highest BCUT2D eigenvalue weighted by molar-refractivity contribution is 9.10. The molecule has 0 atom stereocenters. The molecule has 0 bridgehead atoms. The quantitative estimate of drug-likeness (QED) is 0.659. The summed E-state index contributed by atoms with van der Waals surface area (Å²) in [4.78, 5) is 11.4. The summed E-state index contributed by atoms with van der Waals surface area (Å²) in [6.07, 6.45) is 0. The number of carbonyl (C=O) groups is 1. The Hall–Kier alpha value is -1.72. The first-order valence-electron chi connectivity index (χ1n) is 5.62. The van der Waals surface area contributed by atoms with E-state index >= 15 is 0 Å². The fourth-order valence-corrected chi connectivity index (χ4v) is 2.06. The van der Waals surface area contributed by atoms with E-state index in [1.165, 1.54) is 13.2 Å². The molecule has 2 N–H and O–H groups in total. The zero-order valence-corrected chi connectivity index (χ0v) is 12.9. The van der Waals surface area contributed by atoms with E-state index in [0.29, 0.717) is 27.8 Å². The second-order valence-corrected chi connectivity index (χ2v) is 5.24. The number of carbonyl (C=O) groups excluding carboxylic acids is 1. The highest BCUT2D eigenvalue weighted by Crippen LogP contribution is 2.34. The van der Waals surface area contributed by atoms with Crippen LogP contribution in [0.5, 0.6) is 11.5 Å². The largest absolute Gasteiger partial charge is 0.465 e. The topological polar surface area (TPSA) is 61.5 Å². The van der Waals surface area contributed by atoms with E-state index in [2.05, 4.69) is 20.7 Å². The molecule has 0 aliphatic carbocycles. The maximum absolute atomic E-state index is 11.4. The van der Waals surface area contributed by atoms with Crippen LogP contribution in [0.2, 0.25) is 5.02 Å². The standard InChI is InChI=1S/C14H11BrClNO3/c1-19-14(18)8-2-5-12(11(17)6-8)20-13-7-9(15)3-4-10(13)16/h2-7H,17H2,1H3. The minimum atomic E-state index is -0.455. The number of halogens is 2. The number of nitrogen functional groups attached to an aromatic ring is 1. The van der Waals surface area contributed by atoms with Crippen molar-refractivity contribution >= 4 is 39.2 Å². The molecule has 0 saturated heterocycles. The zero-order chi connectivity index (χ0) is 14.7. The predicted octanol–water partition coefficient (Wildman–Crippen LogP) is 4.26. The first-order valence-corrected chi connectivity index (χ1v) is 6.79. The molecule has 0 heterocycles. The van der Waals surface area contributed by atoms with Crippen LogP contribution in [0.4, 0.5) is 5.69 Å². The van der Waals surface area contributed by atoms with Gasteiger partial charge in [-0.05, 0) is 36.4 Å². The van der Waals surface area contributed by atoms with Crippen molar-refractivity contribution in [3.8, 4) is 11.5 Å². The average Bonchev–Trinajstić information content (AvgIpc) is 2.44. The third-order valence-corrected chi connectivity index (χ3v) is 3.35. The van der Waals surface area contributed by atoms with Gasteiger partial charge in [0.2, 0.25) is 0 Å². The van der Waals surface area contributed by atoms with Crippen molar-refractivity contribution < 1.29 is 14.3 Å². The van der Waals surface area contributed by atoms with Crippen LogP contribution in [-0.4, -0.2) is 13.1 Å². The molecule has 0 fully saturated rings. The molecule has 0 saturated carbocycles. The Morgan fingerprint density at radius 2 is 1.95 bits per heavy atom. The van der Waals surface area contributed by atoms with Gasteiger partial charge < -0.3 is 15.2 Å². The summed E-state index contributed by atoms with van der Waals surface area (Å²) in [5.41, 5.74) is 6.54. The molecule has 0 aliphatic rings. The second-order valence-electron chi connectivity index (χ2n) is 3.92. The molecule has 2 aromatic rings. The Labute approximate surface area is 129 Å². The fraction of sp³-hybridized carbons (Fsp3) is 0.0714. The third-order valence-electron chi connectivity index (χ3n) is 2.54. The molecule has 0 aliphatic heterocycles. The molecular formula is C14H11BrClNO3. The van der Waals surface area contributed by atoms with Crippen LogP contribution in [0.1, 0.15) is 10.4 Å². The monoisotopic (exact) mass is 355 g/mol. The molecule has 0 spiro atoms. The Kier molecular flexibility index (Phi) is 4.52. The molecule has 0 aromatic heterocycles. The highest BCUT2D eigenvalue weighted by Gasteiger charge is 2.11. The highest BCUT2D eigenvalue weighted by atomic mass is 79.9. The first-order chi connectivity index (χ1) is 9.51. The van der Waals surface area contributed by atoms with Gasteiger partial charge >= 0.3 is 5.97 Å². The van der Waals surface area contributed by atoms with Crippen LogP contribution in [0, 0.1) is 0 Å². The molecular weight excluding hydrogens is 346 g/mol. The first kappa shape index (κ1) is 14.7. The van der Waals surface area contributed by atoms with Gasteiger partial charge in [-0.15, -0.1) is 0 Å². The lowest BCUT2D eigenvalue weighted by Crippen LogP contribution is -2.02. The van der Waals surface area contributed by atoms with Crippen LogP contribution < -0.4 is 10.5 Å². The summed E-state index contributed by atoms with van der Waals surface area (Å²) in [5.74, 6) is 0.431. The summed E-state index contributed by atoms with van der Waals surface area (Å²) in [7, 11) is 1.31. The number of esters is 1. The van der Waals surface area contributed by atoms with E-state index in [0.717, 1.165) is 4.47 Å². The van der Waals surface area contributed by atoms with Gasteiger partial charge in [0.1, 0.15) is 11.5 Å². The van der Waals surface area contributed by atoms with Crippen molar-refractivity contribution in [1.82, 2.24) is 0 Å². The van der Waals surface area contributed by atoms with Gasteiger partial charge in [-0.3, -0.25) is 0 Å². The Morgan fingerprint density at radius 3 is 2.60 bits per heavy atom. The number of rotatable bonds is 3. The molecule has 6 heteroatoms. The Bertz CT molecular complexity index is 661. The van der Waals surface area contributed by atoms with Gasteiger partial charge in [-0.2, -0.15) is 0 Å². The smallest absolute Gasteiger partial charge is 0.337 e. The summed E-state index contributed by atoms with van der Waals surface area (Å²) < 4.78 is 11.1. The van der Waals surface area contributed by atoms with Crippen LogP contribution in [0.3, 0.4) is 0 Å². The maximum atomic E-state index is 11.4.